The molecule has 4 unspecified atom stereocenters. The van der Waals surface area contributed by atoms with Gasteiger partial charge in [-0.3, -0.25) is 24.1 Å². The van der Waals surface area contributed by atoms with E-state index in [1.54, 1.807) is 81.4 Å². The van der Waals surface area contributed by atoms with Crippen LogP contribution >= 0.6 is 23.2 Å². The zero-order valence-corrected chi connectivity index (χ0v) is 46.0. The van der Waals surface area contributed by atoms with Crippen LogP contribution in [0.1, 0.15) is 63.8 Å². The van der Waals surface area contributed by atoms with E-state index in [9.17, 15) is 36.4 Å². The molecule has 0 aliphatic carbocycles. The minimum atomic E-state index is -3.56. The van der Waals surface area contributed by atoms with Crippen molar-refractivity contribution in [1.82, 2.24) is 29.4 Å². The highest BCUT2D eigenvalue weighted by Crippen LogP contribution is 2.30. The van der Waals surface area contributed by atoms with Gasteiger partial charge in [-0.2, -0.15) is 0 Å². The van der Waals surface area contributed by atoms with E-state index >= 15 is 0 Å². The van der Waals surface area contributed by atoms with E-state index in [0.29, 0.717) is 92.3 Å². The molecule has 4 aromatic rings. The maximum absolute atomic E-state index is 13.5. The standard InChI is InChI=1S/C28H34ClFN4O5S.C27H32ClFN4O3/c1-28(2,3)39-27(36)33-17-23-15-32(14-19-5-10-22(30)11-6-19)16-24(18-33)34(23)26(35)12-8-20-7-9-21(29)13-25(20)31-40(4,37)38;1-27(2,3)36-26(35)32-16-22-14-31(13-18-4-9-21(29)10-5-18)15-23(17-32)33(22)25(34)11-7-19-6-8-20(28)12-24(19)30/h5-13,23-24,31H,14-18H2,1-4H3;4-12,22-23H,13-17,30H2,1-3H3/b12-8+;11-7+. The highest BCUT2D eigenvalue weighted by molar-refractivity contribution is 7.92. The second kappa shape index (κ2) is 24.0. The van der Waals surface area contributed by atoms with E-state index in [2.05, 4.69) is 14.5 Å². The van der Waals surface area contributed by atoms with Crippen molar-refractivity contribution in [2.45, 2.75) is 90.0 Å². The number of nitrogen functional groups attached to an aromatic ring is 1. The number of benzene rings is 4. The number of carbonyl (C=O) groups excluding carboxylic acids is 4. The zero-order chi connectivity index (χ0) is 55.3. The lowest BCUT2D eigenvalue weighted by atomic mass is 9.99. The molecule has 0 spiro atoms. The van der Waals surface area contributed by atoms with Gasteiger partial charge in [-0.1, -0.05) is 59.6 Å². The minimum absolute atomic E-state index is 0.135. The zero-order valence-electron chi connectivity index (χ0n) is 43.7. The number of ether oxygens (including phenoxy) is 2. The predicted molar refractivity (Wildman–Crippen MR) is 292 cm³/mol. The average Bonchev–Trinajstić information content (AvgIpc) is 3.30. The van der Waals surface area contributed by atoms with Crippen LogP contribution in [0.25, 0.3) is 12.2 Å². The first-order valence-corrected chi connectivity index (χ1v) is 27.5. The Bertz CT molecular complexity index is 2900. The number of halogens is 4. The number of hydrogen-bond acceptors (Lipinski definition) is 11. The molecule has 408 valence electrons. The van der Waals surface area contributed by atoms with Gasteiger partial charge in [-0.05, 0) is 124 Å². The summed E-state index contributed by atoms with van der Waals surface area (Å²) in [6, 6.07) is 21.6. The van der Waals surface area contributed by atoms with Gasteiger partial charge in [0.15, 0.2) is 0 Å². The van der Waals surface area contributed by atoms with Crippen LogP contribution in [0.5, 0.6) is 0 Å². The summed E-state index contributed by atoms with van der Waals surface area (Å²) in [5, 5.41) is 0.883. The number of nitrogens with two attached hydrogens (primary N) is 1. The molecule has 0 radical (unpaired) electrons. The Morgan fingerprint density at radius 1 is 0.605 bits per heavy atom. The monoisotopic (exact) mass is 1110 g/mol. The second-order valence-corrected chi connectivity index (χ2v) is 24.2. The maximum Gasteiger partial charge on any atom is 0.410 e. The van der Waals surface area contributed by atoms with E-state index < -0.39 is 27.3 Å². The SMILES string of the molecule is CC(C)(C)OC(=O)N1CC2CN(Cc3ccc(F)cc3)CC(C1)N2C(=O)/C=C/c1ccc(Cl)cc1N.CC(C)(C)OC(=O)N1CC2CN(Cc3ccc(F)cc3)CC(C1)N2C(=O)/C=C/c1ccc(Cl)cc1NS(C)(=O)=O. The van der Waals surface area contributed by atoms with Crippen LogP contribution in [-0.2, 0) is 42.2 Å². The Hall–Kier alpha value is -6.25. The van der Waals surface area contributed by atoms with Gasteiger partial charge < -0.3 is 34.8 Å². The maximum atomic E-state index is 13.5. The summed E-state index contributed by atoms with van der Waals surface area (Å²) in [6.07, 6.45) is 6.43. The smallest absolute Gasteiger partial charge is 0.410 e. The van der Waals surface area contributed by atoms with E-state index in [1.165, 1.54) is 42.5 Å². The molecule has 3 N–H and O–H groups in total. The third-order valence-electron chi connectivity index (χ3n) is 12.8. The van der Waals surface area contributed by atoms with Crippen LogP contribution in [0.4, 0.5) is 29.7 Å². The molecule has 4 aliphatic heterocycles. The fourth-order valence-electron chi connectivity index (χ4n) is 9.82. The highest BCUT2D eigenvalue weighted by Gasteiger charge is 2.46. The van der Waals surface area contributed by atoms with Crippen molar-refractivity contribution in [3.05, 3.63) is 141 Å². The Morgan fingerprint density at radius 2 is 0.974 bits per heavy atom. The number of rotatable bonds is 10. The molecule has 0 saturated carbocycles. The van der Waals surface area contributed by atoms with Crippen LogP contribution < -0.4 is 10.5 Å². The number of amides is 4. The van der Waals surface area contributed by atoms with Crippen LogP contribution in [0.3, 0.4) is 0 Å². The molecule has 4 aromatic carbocycles. The molecule has 4 atom stereocenters. The fraction of sp³-hybridized carbons (Fsp3) is 0.418. The molecule has 8 rings (SSSR count). The number of hydrogen-bond donors (Lipinski definition) is 2. The second-order valence-electron chi connectivity index (χ2n) is 21.6. The van der Waals surface area contributed by atoms with E-state index in [1.807, 2.05) is 46.4 Å². The molecule has 16 nitrogen and oxygen atoms in total. The predicted octanol–water partition coefficient (Wildman–Crippen LogP) is 8.60. The molecular weight excluding hydrogens is 1040 g/mol. The van der Waals surface area contributed by atoms with Crippen molar-refractivity contribution in [2.24, 2.45) is 0 Å². The third-order valence-corrected chi connectivity index (χ3v) is 13.9. The lowest BCUT2D eigenvalue weighted by molar-refractivity contribution is -0.141. The van der Waals surface area contributed by atoms with E-state index in [0.717, 1.165) is 17.4 Å². The quantitative estimate of drug-likeness (QED) is 0.115. The Morgan fingerprint density at radius 3 is 1.34 bits per heavy atom. The largest absolute Gasteiger partial charge is 0.444 e. The fourth-order valence-corrected chi connectivity index (χ4v) is 10.7. The van der Waals surface area contributed by atoms with Crippen molar-refractivity contribution >= 4 is 80.8 Å². The van der Waals surface area contributed by atoms with Gasteiger partial charge in [0.05, 0.1) is 36.1 Å². The summed E-state index contributed by atoms with van der Waals surface area (Å²) >= 11 is 12.0. The Kier molecular flexibility index (Phi) is 18.1. The normalized spacial score (nSPS) is 20.3. The van der Waals surface area contributed by atoms with Crippen LogP contribution in [0.15, 0.2) is 97.1 Å². The Balaban J connectivity index is 0.000000222. The number of fused-ring (bicyclic) bond motifs is 4. The van der Waals surface area contributed by atoms with Gasteiger partial charge in [0.1, 0.15) is 22.8 Å². The van der Waals surface area contributed by atoms with E-state index in [4.69, 9.17) is 38.4 Å². The summed E-state index contributed by atoms with van der Waals surface area (Å²) in [7, 11) is -3.56. The van der Waals surface area contributed by atoms with Crippen molar-refractivity contribution < 1.29 is 45.9 Å². The molecule has 4 heterocycles. The first-order chi connectivity index (χ1) is 35.6. The molecule has 4 bridgehead atoms. The minimum Gasteiger partial charge on any atom is -0.444 e. The highest BCUT2D eigenvalue weighted by atomic mass is 35.5. The summed E-state index contributed by atoms with van der Waals surface area (Å²) < 4.78 is 64.0. The van der Waals surface area contributed by atoms with Crippen LogP contribution in [-0.4, -0.2) is 156 Å². The molecule has 21 heteroatoms. The molecule has 4 aliphatic rings. The summed E-state index contributed by atoms with van der Waals surface area (Å²) in [4.78, 5) is 64.0. The molecular formula is C55H66Cl2F2N8O8S. The third kappa shape index (κ3) is 16.1. The van der Waals surface area contributed by atoms with E-state index in [-0.39, 0.29) is 59.4 Å². The number of carbonyl (C=O) groups is 4. The number of sulfonamides is 1. The number of nitrogens with zero attached hydrogens (tertiary/aromatic N) is 6. The van der Waals surface area contributed by atoms with Crippen molar-refractivity contribution in [3.63, 3.8) is 0 Å². The molecule has 76 heavy (non-hydrogen) atoms. The van der Waals surface area contributed by atoms with Crippen LogP contribution in [0, 0.1) is 11.6 Å². The van der Waals surface area contributed by atoms with Gasteiger partial charge in [0.2, 0.25) is 21.8 Å². The first kappa shape index (κ1) is 57.5. The van der Waals surface area contributed by atoms with Crippen molar-refractivity contribution in [3.8, 4) is 0 Å². The van der Waals surface area contributed by atoms with Crippen LogP contribution in [0.2, 0.25) is 10.0 Å². The summed E-state index contributed by atoms with van der Waals surface area (Å²) in [5.74, 6) is -0.955. The lowest BCUT2D eigenvalue weighted by Gasteiger charge is -2.52. The van der Waals surface area contributed by atoms with Crippen molar-refractivity contribution in [1.29, 1.82) is 0 Å². The summed E-state index contributed by atoms with van der Waals surface area (Å²) in [6.45, 7) is 15.7. The molecule has 4 fully saturated rings. The van der Waals surface area contributed by atoms with Gasteiger partial charge >= 0.3 is 12.2 Å². The molecule has 4 amide bonds. The first-order valence-electron chi connectivity index (χ1n) is 24.9. The number of piperazine rings is 4. The van der Waals surface area contributed by atoms with Crippen molar-refractivity contribution in [2.75, 3.05) is 69.1 Å². The number of nitrogens with one attached hydrogen (secondary N) is 1. The van der Waals surface area contributed by atoms with Gasteiger partial charge in [-0.25, -0.2) is 26.8 Å². The molecule has 0 aromatic heterocycles. The Labute approximate surface area is 454 Å². The topological polar surface area (TPSA) is 178 Å². The van der Waals surface area contributed by atoms with Gasteiger partial charge in [0.25, 0.3) is 0 Å². The lowest BCUT2D eigenvalue weighted by Crippen LogP contribution is -2.70. The summed E-state index contributed by atoms with van der Waals surface area (Å²) in [5.41, 5.74) is 8.69. The average molecular weight is 1110 g/mol. The van der Waals surface area contributed by atoms with Gasteiger partial charge in [-0.15, -0.1) is 0 Å². The molecule has 4 saturated heterocycles. The van der Waals surface area contributed by atoms with Gasteiger partial charge in [0, 0.05) is 93.3 Å². The number of anilines is 2.